The third kappa shape index (κ3) is 3.72. The quantitative estimate of drug-likeness (QED) is 0.827. The van der Waals surface area contributed by atoms with Crippen LogP contribution in [-0.2, 0) is 0 Å². The van der Waals surface area contributed by atoms with E-state index in [9.17, 15) is 4.79 Å². The predicted octanol–water partition coefficient (Wildman–Crippen LogP) is 4.07. The fourth-order valence-electron chi connectivity index (χ4n) is 2.69. The maximum atomic E-state index is 12.0. The average Bonchev–Trinajstić information content (AvgIpc) is 2.37. The zero-order valence-electron chi connectivity index (χ0n) is 12.2. The summed E-state index contributed by atoms with van der Waals surface area (Å²) in [7, 11) is 0. The summed E-state index contributed by atoms with van der Waals surface area (Å²) in [5, 5.41) is 6.05. The van der Waals surface area contributed by atoms with Gasteiger partial charge in [0.1, 0.15) is 0 Å². The van der Waals surface area contributed by atoms with Gasteiger partial charge in [-0.05, 0) is 56.4 Å². The first-order valence-electron chi connectivity index (χ1n) is 7.21. The minimum absolute atomic E-state index is 0.0711. The number of carbonyl (C=O) groups excluding carboxylic acids is 1. The molecule has 1 saturated carbocycles. The van der Waals surface area contributed by atoms with E-state index < -0.39 is 0 Å². The summed E-state index contributed by atoms with van der Waals surface area (Å²) in [6, 6.07) is 4.44. The molecule has 0 bridgehead atoms. The van der Waals surface area contributed by atoms with Crippen molar-refractivity contribution >= 4 is 11.7 Å². The van der Waals surface area contributed by atoms with Crippen molar-refractivity contribution in [1.82, 2.24) is 5.32 Å². The topological polar surface area (TPSA) is 41.1 Å². The molecule has 3 heteroatoms. The Morgan fingerprint density at radius 1 is 1.00 bits per heavy atom. The molecule has 0 radical (unpaired) electrons. The van der Waals surface area contributed by atoms with Crippen molar-refractivity contribution in [3.05, 3.63) is 28.8 Å². The molecule has 1 aromatic carbocycles. The van der Waals surface area contributed by atoms with Crippen LogP contribution < -0.4 is 10.6 Å². The molecule has 1 aromatic rings. The molecular formula is C16H24N2O. The lowest BCUT2D eigenvalue weighted by Crippen LogP contribution is -2.39. The molecule has 104 valence electrons. The van der Waals surface area contributed by atoms with Crippen LogP contribution in [0.25, 0.3) is 0 Å². The van der Waals surface area contributed by atoms with E-state index in [4.69, 9.17) is 0 Å². The van der Waals surface area contributed by atoms with Gasteiger partial charge in [0, 0.05) is 11.7 Å². The predicted molar refractivity (Wildman–Crippen MR) is 79.7 cm³/mol. The summed E-state index contributed by atoms with van der Waals surface area (Å²) in [5.41, 5.74) is 4.49. The number of carbonyl (C=O) groups is 1. The van der Waals surface area contributed by atoms with Crippen molar-refractivity contribution in [2.45, 2.75) is 58.9 Å². The molecule has 0 atom stereocenters. The van der Waals surface area contributed by atoms with Crippen molar-refractivity contribution in [2.75, 3.05) is 5.32 Å². The van der Waals surface area contributed by atoms with Crippen molar-refractivity contribution in [2.24, 2.45) is 0 Å². The summed E-state index contributed by atoms with van der Waals surface area (Å²) in [5.74, 6) is 0. The molecule has 1 fully saturated rings. The Morgan fingerprint density at radius 2 is 1.63 bits per heavy atom. The third-order valence-corrected chi connectivity index (χ3v) is 4.03. The van der Waals surface area contributed by atoms with Crippen LogP contribution in [-0.4, -0.2) is 12.1 Å². The minimum Gasteiger partial charge on any atom is -0.335 e. The van der Waals surface area contributed by atoms with Crippen LogP contribution in [0.2, 0.25) is 0 Å². The fraction of sp³-hybridized carbons (Fsp3) is 0.562. The molecule has 2 N–H and O–H groups in total. The first-order chi connectivity index (χ1) is 9.06. The largest absolute Gasteiger partial charge is 0.335 e. The summed E-state index contributed by atoms with van der Waals surface area (Å²) < 4.78 is 0. The highest BCUT2D eigenvalue weighted by Gasteiger charge is 2.16. The zero-order chi connectivity index (χ0) is 13.8. The number of nitrogens with one attached hydrogen (secondary N) is 2. The van der Waals surface area contributed by atoms with Crippen molar-refractivity contribution < 1.29 is 4.79 Å². The molecule has 0 aliphatic heterocycles. The van der Waals surface area contributed by atoms with Gasteiger partial charge in [-0.25, -0.2) is 4.79 Å². The van der Waals surface area contributed by atoms with Gasteiger partial charge in [0.2, 0.25) is 0 Å². The Labute approximate surface area is 115 Å². The summed E-state index contributed by atoms with van der Waals surface area (Å²) in [4.78, 5) is 12.0. The van der Waals surface area contributed by atoms with E-state index in [1.165, 1.54) is 30.4 Å². The van der Waals surface area contributed by atoms with Crippen LogP contribution in [0.3, 0.4) is 0 Å². The Bertz CT molecular complexity index is 462. The van der Waals surface area contributed by atoms with E-state index in [0.717, 1.165) is 24.1 Å². The maximum Gasteiger partial charge on any atom is 0.319 e. The van der Waals surface area contributed by atoms with Gasteiger partial charge < -0.3 is 10.6 Å². The molecule has 0 heterocycles. The molecule has 1 aliphatic rings. The Morgan fingerprint density at radius 3 is 2.32 bits per heavy atom. The summed E-state index contributed by atoms with van der Waals surface area (Å²) in [6.45, 7) is 6.19. The SMILES string of the molecule is Cc1cc(C)c(NC(=O)NC2CCCCC2)cc1C. The standard InChI is InChI=1S/C16H24N2O/c1-11-9-13(3)15(10-12(11)2)18-16(19)17-14-7-5-4-6-8-14/h9-10,14H,4-8H2,1-3H3,(H2,17,18,19). The highest BCUT2D eigenvalue weighted by atomic mass is 16.2. The van der Waals surface area contributed by atoms with Crippen LogP contribution in [0, 0.1) is 20.8 Å². The van der Waals surface area contributed by atoms with Crippen LogP contribution in [0.5, 0.6) is 0 Å². The molecule has 19 heavy (non-hydrogen) atoms. The Balaban J connectivity index is 1.96. The molecule has 2 amide bonds. The van der Waals surface area contributed by atoms with Gasteiger partial charge in [0.15, 0.2) is 0 Å². The average molecular weight is 260 g/mol. The maximum absolute atomic E-state index is 12.0. The van der Waals surface area contributed by atoms with E-state index in [1.807, 2.05) is 13.0 Å². The molecular weight excluding hydrogens is 236 g/mol. The second-order valence-corrected chi connectivity index (χ2v) is 5.68. The normalized spacial score (nSPS) is 16.2. The fourth-order valence-corrected chi connectivity index (χ4v) is 2.69. The second kappa shape index (κ2) is 6.09. The van der Waals surface area contributed by atoms with Crippen molar-refractivity contribution in [1.29, 1.82) is 0 Å². The number of rotatable bonds is 2. The number of amides is 2. The van der Waals surface area contributed by atoms with Crippen LogP contribution in [0.4, 0.5) is 10.5 Å². The van der Waals surface area contributed by atoms with Crippen LogP contribution in [0.1, 0.15) is 48.8 Å². The van der Waals surface area contributed by atoms with Crippen LogP contribution >= 0.6 is 0 Å². The van der Waals surface area contributed by atoms with E-state index in [2.05, 4.69) is 30.5 Å². The highest BCUT2D eigenvalue weighted by Crippen LogP contribution is 2.21. The van der Waals surface area contributed by atoms with Crippen LogP contribution in [0.15, 0.2) is 12.1 Å². The van der Waals surface area contributed by atoms with Crippen molar-refractivity contribution in [3.8, 4) is 0 Å². The van der Waals surface area contributed by atoms with E-state index in [0.29, 0.717) is 6.04 Å². The molecule has 0 aromatic heterocycles. The van der Waals surface area contributed by atoms with E-state index in [1.54, 1.807) is 0 Å². The third-order valence-electron chi connectivity index (χ3n) is 4.03. The molecule has 0 unspecified atom stereocenters. The van der Waals surface area contributed by atoms with Gasteiger partial charge in [-0.3, -0.25) is 0 Å². The van der Waals surface area contributed by atoms with E-state index in [-0.39, 0.29) is 6.03 Å². The lowest BCUT2D eigenvalue weighted by molar-refractivity contribution is 0.244. The van der Waals surface area contributed by atoms with Gasteiger partial charge in [0.25, 0.3) is 0 Å². The number of hydrogen-bond donors (Lipinski definition) is 2. The minimum atomic E-state index is -0.0711. The molecule has 0 spiro atoms. The van der Waals surface area contributed by atoms with Gasteiger partial charge in [-0.2, -0.15) is 0 Å². The molecule has 1 aliphatic carbocycles. The second-order valence-electron chi connectivity index (χ2n) is 5.68. The number of benzene rings is 1. The molecule has 3 nitrogen and oxygen atoms in total. The Hall–Kier alpha value is -1.51. The van der Waals surface area contributed by atoms with Crippen molar-refractivity contribution in [3.63, 3.8) is 0 Å². The van der Waals surface area contributed by atoms with Gasteiger partial charge in [0.05, 0.1) is 0 Å². The lowest BCUT2D eigenvalue weighted by atomic mass is 9.96. The Kier molecular flexibility index (Phi) is 4.46. The lowest BCUT2D eigenvalue weighted by Gasteiger charge is -2.23. The summed E-state index contributed by atoms with van der Waals surface area (Å²) in [6.07, 6.45) is 5.98. The molecule has 0 saturated heterocycles. The zero-order valence-corrected chi connectivity index (χ0v) is 12.2. The first kappa shape index (κ1) is 13.9. The van der Waals surface area contributed by atoms with E-state index >= 15 is 0 Å². The number of anilines is 1. The summed E-state index contributed by atoms with van der Waals surface area (Å²) >= 11 is 0. The number of aryl methyl sites for hydroxylation is 3. The number of hydrogen-bond acceptors (Lipinski definition) is 1. The first-order valence-corrected chi connectivity index (χ1v) is 7.21. The monoisotopic (exact) mass is 260 g/mol. The van der Waals surface area contributed by atoms with Gasteiger partial charge in [-0.1, -0.05) is 25.3 Å². The highest BCUT2D eigenvalue weighted by molar-refractivity contribution is 5.90. The van der Waals surface area contributed by atoms with Gasteiger partial charge >= 0.3 is 6.03 Å². The smallest absolute Gasteiger partial charge is 0.319 e. The van der Waals surface area contributed by atoms with Gasteiger partial charge in [-0.15, -0.1) is 0 Å². The molecule has 2 rings (SSSR count). The number of urea groups is 1.